The van der Waals surface area contributed by atoms with Crippen LogP contribution in [0.2, 0.25) is 0 Å². The number of benzene rings is 3. The Morgan fingerprint density at radius 3 is 1.49 bits per heavy atom. The van der Waals surface area contributed by atoms with Gasteiger partial charge in [0.1, 0.15) is 0 Å². The third-order valence-electron chi connectivity index (χ3n) is 20.4. The Morgan fingerprint density at radius 2 is 1.01 bits per heavy atom. The Bertz CT molecular complexity index is 2870. The van der Waals surface area contributed by atoms with Crippen molar-refractivity contribution in [2.75, 3.05) is 32.7 Å². The fourth-order valence-corrected chi connectivity index (χ4v) is 17.3. The molecular formula is C55H61N3O12. The van der Waals surface area contributed by atoms with Crippen LogP contribution in [0.15, 0.2) is 49.1 Å². The van der Waals surface area contributed by atoms with E-state index in [1.54, 1.807) is 18.2 Å². The molecule has 368 valence electrons. The van der Waals surface area contributed by atoms with Crippen LogP contribution in [0.4, 0.5) is 0 Å². The van der Waals surface area contributed by atoms with Crippen LogP contribution >= 0.6 is 0 Å². The number of nitrogens with zero attached hydrogens (tertiary/aromatic N) is 2. The lowest BCUT2D eigenvalue weighted by Crippen LogP contribution is -2.76. The van der Waals surface area contributed by atoms with Gasteiger partial charge in [0, 0.05) is 73.7 Å². The van der Waals surface area contributed by atoms with Crippen molar-refractivity contribution in [3.8, 4) is 34.5 Å². The molecule has 0 amide bonds. The predicted octanol–water partition coefficient (Wildman–Crippen LogP) is 3.23. The first-order valence-corrected chi connectivity index (χ1v) is 25.8. The van der Waals surface area contributed by atoms with Gasteiger partial charge in [-0.1, -0.05) is 24.3 Å². The zero-order valence-electron chi connectivity index (χ0n) is 39.3. The molecule has 3 saturated heterocycles. The molecule has 3 aromatic carbocycles. The summed E-state index contributed by atoms with van der Waals surface area (Å²) >= 11 is 0. The Labute approximate surface area is 405 Å². The number of ether oxygens (including phenoxy) is 3. The lowest BCUT2D eigenvalue weighted by atomic mass is 9.49. The SMILES string of the molecule is C=CCN1CC[C@]23c4c5ccc(O)c4O[C@H]2C(=O)CC[C@@]3(O)[C@H]1C5.O=C1CC[C@@]2(O)[C@H]3Cc4ccc(O)c5c4[C@@]2(CCN3)[C@H]1O5.O=C1CC[C@@]2(O)[C@H]3Cc4ccc(O)c5c4[C@@]2(CCN3CC2CC2)[C@H]1O5. The van der Waals surface area contributed by atoms with Gasteiger partial charge >= 0.3 is 0 Å². The molecule has 7 aliphatic carbocycles. The first-order chi connectivity index (χ1) is 33.6. The van der Waals surface area contributed by atoms with Gasteiger partial charge in [0.15, 0.2) is 70.2 Å². The van der Waals surface area contributed by atoms with Crippen LogP contribution in [-0.2, 0) is 49.9 Å². The molecule has 3 aromatic rings. The third kappa shape index (κ3) is 5.09. The van der Waals surface area contributed by atoms with Gasteiger partial charge in [-0.25, -0.2) is 0 Å². The fourth-order valence-electron chi connectivity index (χ4n) is 17.3. The average Bonchev–Trinajstić information content (AvgIpc) is 3.80. The fraction of sp³-hybridized carbons (Fsp3) is 0.582. The monoisotopic (exact) mass is 955 g/mol. The number of piperidine rings is 3. The maximum absolute atomic E-state index is 12.7. The molecular weight excluding hydrogens is 895 g/mol. The summed E-state index contributed by atoms with van der Waals surface area (Å²) in [5, 5.41) is 69.4. The molecule has 12 atom stereocenters. The van der Waals surface area contributed by atoms with E-state index < -0.39 is 51.4 Å². The third-order valence-corrected chi connectivity index (χ3v) is 20.4. The number of aliphatic hydroxyl groups is 3. The standard InChI is InChI=1S/C20H23NO4.C19H21NO4.C16H17NO4/c22-13-4-3-12-9-15-20(24)6-5-14(23)18-19(20,16(12)17(13)25-18)7-8-21(15)10-11-1-2-11;1-2-8-20-9-7-18-15-11-3-4-12(21)16(15)24-17(18)13(22)5-6-19(18,23)14(20)10-11;18-9-2-1-8-7-11-16(20)4-3-10(19)14-15(16,5-6-17-11)12(8)13(9)21-14/h3-4,11,15,18,22,24H,1-2,5-10H2;2-4,14,17,21,23H,1,5-10H2;1-2,11,14,17-18,20H,3-7H2/t15-,18+,19+,20-;14-,17+,18+,19-;11-,14+,15+,16-/m111/s1. The molecule has 6 aliphatic heterocycles. The summed E-state index contributed by atoms with van der Waals surface area (Å²) in [5.41, 5.74) is 1.04. The average molecular weight is 956 g/mol. The molecule has 4 saturated carbocycles. The van der Waals surface area contributed by atoms with Crippen LogP contribution in [-0.4, -0.2) is 144 Å². The number of rotatable bonds is 4. The van der Waals surface area contributed by atoms with Crippen molar-refractivity contribution >= 4 is 17.3 Å². The molecule has 3 spiro atoms. The molecule has 16 rings (SSSR count). The van der Waals surface area contributed by atoms with Crippen LogP contribution in [0.1, 0.15) is 104 Å². The lowest BCUT2D eigenvalue weighted by Gasteiger charge is -2.62. The normalized spacial score (nSPS) is 41.0. The van der Waals surface area contributed by atoms with Gasteiger partial charge in [0.05, 0.1) is 33.0 Å². The van der Waals surface area contributed by atoms with Crippen molar-refractivity contribution in [2.24, 2.45) is 5.92 Å². The minimum Gasteiger partial charge on any atom is -0.504 e. The minimum atomic E-state index is -1.00. The van der Waals surface area contributed by atoms with Crippen molar-refractivity contribution in [2.45, 2.75) is 159 Å². The molecule has 13 aliphatic rings. The van der Waals surface area contributed by atoms with E-state index in [9.17, 15) is 45.0 Å². The van der Waals surface area contributed by atoms with E-state index in [1.807, 2.05) is 24.3 Å². The van der Waals surface area contributed by atoms with Crippen molar-refractivity contribution < 1.29 is 59.2 Å². The highest BCUT2D eigenvalue weighted by Crippen LogP contribution is 2.67. The molecule has 0 unspecified atom stereocenters. The van der Waals surface area contributed by atoms with Gasteiger partial charge in [0.2, 0.25) is 0 Å². The number of carbonyl (C=O) groups excluding carboxylic acids is 3. The van der Waals surface area contributed by atoms with Crippen LogP contribution in [0.5, 0.6) is 34.5 Å². The molecule has 0 aromatic heterocycles. The van der Waals surface area contributed by atoms with Gasteiger partial charge in [-0.15, -0.1) is 6.58 Å². The lowest BCUT2D eigenvalue weighted by molar-refractivity contribution is -0.188. The summed E-state index contributed by atoms with van der Waals surface area (Å²) in [6.07, 6.45) is 9.21. The number of carbonyl (C=O) groups is 3. The van der Waals surface area contributed by atoms with Crippen LogP contribution in [0.3, 0.4) is 0 Å². The zero-order valence-corrected chi connectivity index (χ0v) is 39.3. The van der Waals surface area contributed by atoms with Gasteiger partial charge < -0.3 is 50.2 Å². The predicted molar refractivity (Wildman–Crippen MR) is 251 cm³/mol. The van der Waals surface area contributed by atoms with E-state index in [-0.39, 0.29) is 52.7 Å². The smallest absolute Gasteiger partial charge is 0.174 e. The van der Waals surface area contributed by atoms with Crippen molar-refractivity contribution in [1.82, 2.24) is 15.1 Å². The van der Waals surface area contributed by atoms with Gasteiger partial charge in [-0.3, -0.25) is 24.2 Å². The van der Waals surface area contributed by atoms with Crippen molar-refractivity contribution in [1.29, 1.82) is 0 Å². The number of nitrogens with one attached hydrogen (secondary N) is 1. The highest BCUT2D eigenvalue weighted by Gasteiger charge is 2.76. The van der Waals surface area contributed by atoms with Crippen LogP contribution in [0, 0.1) is 5.92 Å². The van der Waals surface area contributed by atoms with Crippen LogP contribution < -0.4 is 19.5 Å². The van der Waals surface area contributed by atoms with E-state index in [0.29, 0.717) is 81.5 Å². The van der Waals surface area contributed by atoms with E-state index in [4.69, 9.17) is 14.2 Å². The number of hydrogen-bond acceptors (Lipinski definition) is 15. The van der Waals surface area contributed by atoms with E-state index in [1.165, 1.54) is 12.8 Å². The number of aromatic hydroxyl groups is 3. The van der Waals surface area contributed by atoms with Gasteiger partial charge in [0.25, 0.3) is 0 Å². The second kappa shape index (κ2) is 14.3. The Hall–Kier alpha value is -5.03. The summed E-state index contributed by atoms with van der Waals surface area (Å²) < 4.78 is 17.9. The number of likely N-dealkylation sites (tertiary alicyclic amines) is 2. The summed E-state index contributed by atoms with van der Waals surface area (Å²) in [7, 11) is 0. The number of ketones is 3. The van der Waals surface area contributed by atoms with E-state index >= 15 is 0 Å². The first kappa shape index (κ1) is 43.7. The highest BCUT2D eigenvalue weighted by molar-refractivity contribution is 5.92. The molecule has 7 N–H and O–H groups in total. The Morgan fingerprint density at radius 1 is 0.586 bits per heavy atom. The summed E-state index contributed by atoms with van der Waals surface area (Å²) in [4.78, 5) is 42.5. The molecule has 15 heteroatoms. The largest absolute Gasteiger partial charge is 0.504 e. The van der Waals surface area contributed by atoms with Crippen molar-refractivity contribution in [3.63, 3.8) is 0 Å². The van der Waals surface area contributed by atoms with E-state index in [2.05, 4.69) is 21.7 Å². The molecule has 7 fully saturated rings. The summed E-state index contributed by atoms with van der Waals surface area (Å²) in [5.74, 6) is 2.46. The second-order valence-corrected chi connectivity index (χ2v) is 23.0. The Kier molecular flexibility index (Phi) is 8.96. The highest BCUT2D eigenvalue weighted by atomic mass is 16.5. The zero-order chi connectivity index (χ0) is 48.1. The number of hydrogen-bond donors (Lipinski definition) is 7. The molecule has 6 heterocycles. The maximum atomic E-state index is 12.7. The molecule has 70 heavy (non-hydrogen) atoms. The topological polar surface area (TPSA) is 219 Å². The summed E-state index contributed by atoms with van der Waals surface area (Å²) in [6, 6.07) is 10.7. The second-order valence-electron chi connectivity index (χ2n) is 23.0. The summed E-state index contributed by atoms with van der Waals surface area (Å²) in [6.45, 7) is 8.07. The number of Topliss-reactive ketones (excluding diaryl/α,β-unsaturated/α-hetero) is 3. The molecule has 0 radical (unpaired) electrons. The first-order valence-electron chi connectivity index (χ1n) is 25.8. The minimum absolute atomic E-state index is 0.0408. The maximum Gasteiger partial charge on any atom is 0.174 e. The van der Waals surface area contributed by atoms with Crippen LogP contribution in [0.25, 0.3) is 0 Å². The van der Waals surface area contributed by atoms with Gasteiger partial charge in [-0.2, -0.15) is 0 Å². The molecule has 15 nitrogen and oxygen atoms in total. The number of phenolic OH excluding ortho intramolecular Hbond substituents is 3. The Balaban J connectivity index is 0.0000000988. The van der Waals surface area contributed by atoms with Crippen molar-refractivity contribution in [3.05, 3.63) is 82.4 Å². The van der Waals surface area contributed by atoms with Gasteiger partial charge in [-0.05, 0) is 125 Å². The quantitative estimate of drug-likeness (QED) is 0.187. The van der Waals surface area contributed by atoms with E-state index in [0.717, 1.165) is 84.9 Å². The molecule has 6 bridgehead atoms. The number of phenols is 3.